The second-order valence-corrected chi connectivity index (χ2v) is 9.83. The Morgan fingerprint density at radius 1 is 0.615 bits per heavy atom. The van der Waals surface area contributed by atoms with Gasteiger partial charge in [0.15, 0.2) is 0 Å². The molecule has 221 valence electrons. The molecule has 0 unspecified atom stereocenters. The number of carboxylic acids is 2. The van der Waals surface area contributed by atoms with Crippen LogP contribution < -0.4 is 31.5 Å². The van der Waals surface area contributed by atoms with Gasteiger partial charge in [0.25, 0.3) is 0 Å². The van der Waals surface area contributed by atoms with Gasteiger partial charge in [-0.15, -0.1) is 46.4 Å². The van der Waals surface area contributed by atoms with Gasteiger partial charge in [-0.25, -0.2) is 0 Å². The number of nitrogens with two attached hydrogens (primary N) is 2. The van der Waals surface area contributed by atoms with E-state index in [4.69, 9.17) is 57.9 Å². The number of carbonyl (C=O) groups excluding carboxylic acids is 2. The first-order valence-electron chi connectivity index (χ1n) is 12.0. The Morgan fingerprint density at radius 3 is 1.08 bits per heavy atom. The number of carboxylic acid groups (broad SMARTS) is 2. The van der Waals surface area contributed by atoms with Crippen LogP contribution in [0.3, 0.4) is 0 Å². The maximum absolute atomic E-state index is 10.6. The van der Waals surface area contributed by atoms with Gasteiger partial charge in [-0.3, -0.25) is 0 Å². The second-order valence-electron chi connectivity index (χ2n) is 8.32. The van der Waals surface area contributed by atoms with E-state index in [1.807, 2.05) is 48.5 Å². The van der Waals surface area contributed by atoms with E-state index in [-0.39, 0.29) is 29.9 Å². The Bertz CT molecular complexity index is 868. The van der Waals surface area contributed by atoms with E-state index in [9.17, 15) is 19.8 Å². The molecule has 0 amide bonds. The van der Waals surface area contributed by atoms with Gasteiger partial charge in [-0.1, -0.05) is 24.3 Å². The minimum atomic E-state index is -1.24. The summed E-state index contributed by atoms with van der Waals surface area (Å²) in [6.45, 7) is 2.86. The summed E-state index contributed by atoms with van der Waals surface area (Å²) < 4.78 is 0. The summed E-state index contributed by atoms with van der Waals surface area (Å²) in [6.07, 6.45) is 0.515. The average molecular weight is 672 g/mol. The Labute approximate surface area is 261 Å². The van der Waals surface area contributed by atoms with Crippen LogP contribution >= 0.6 is 46.4 Å². The van der Waals surface area contributed by atoms with Crippen LogP contribution in [0.5, 0.6) is 0 Å². The number of halogens is 4. The molecule has 2 rings (SSSR count). The molecule has 0 saturated carbocycles. The van der Waals surface area contributed by atoms with Crippen molar-refractivity contribution in [1.82, 2.24) is 0 Å². The van der Waals surface area contributed by atoms with Crippen molar-refractivity contribution in [3.8, 4) is 0 Å². The fraction of sp³-hybridized carbons (Fsp3) is 0.462. The standard InChI is InChI=1S/2C13H18Cl2N2O2.Cu/c2*14-5-7-17(8-6-15)11-3-1-10(2-4-11)9-12(16)13(18)19;/h2*1-4,12H,5-9,16H2,(H,18,19);/q;;+2/p-2/t2*12-;/m00./s1. The molecule has 0 fully saturated rings. The van der Waals surface area contributed by atoms with Crippen LogP contribution in [0.2, 0.25) is 0 Å². The van der Waals surface area contributed by atoms with Crippen LogP contribution in [0.25, 0.3) is 0 Å². The molecule has 0 heterocycles. The number of hydrogen-bond donors (Lipinski definition) is 2. The molecule has 0 aliphatic rings. The number of hydrogen-bond acceptors (Lipinski definition) is 8. The zero-order valence-corrected chi connectivity index (χ0v) is 25.3. The summed E-state index contributed by atoms with van der Waals surface area (Å²) in [5.74, 6) is -0.393. The summed E-state index contributed by atoms with van der Waals surface area (Å²) in [4.78, 5) is 25.3. The largest absolute Gasteiger partial charge is 2.00 e. The zero-order valence-electron chi connectivity index (χ0n) is 21.3. The molecule has 0 spiro atoms. The smallest absolute Gasteiger partial charge is 0.548 e. The van der Waals surface area contributed by atoms with Gasteiger partial charge in [0.2, 0.25) is 0 Å². The second kappa shape index (κ2) is 21.3. The monoisotopic (exact) mass is 669 g/mol. The van der Waals surface area contributed by atoms with Crippen molar-refractivity contribution < 1.29 is 36.9 Å². The van der Waals surface area contributed by atoms with Gasteiger partial charge in [0, 0.05) is 73.2 Å². The summed E-state index contributed by atoms with van der Waals surface area (Å²) >= 11 is 23.0. The molecule has 2 atom stereocenters. The van der Waals surface area contributed by atoms with Crippen molar-refractivity contribution in [3.63, 3.8) is 0 Å². The van der Waals surface area contributed by atoms with Gasteiger partial charge < -0.3 is 41.1 Å². The minimum Gasteiger partial charge on any atom is -0.548 e. The molecule has 0 aliphatic carbocycles. The first-order valence-corrected chi connectivity index (χ1v) is 14.1. The van der Waals surface area contributed by atoms with Crippen molar-refractivity contribution in [3.05, 3.63) is 59.7 Å². The van der Waals surface area contributed by atoms with E-state index in [1.54, 1.807) is 0 Å². The number of aliphatic carboxylic acids is 2. The predicted octanol–water partition coefficient (Wildman–Crippen LogP) is 1.18. The van der Waals surface area contributed by atoms with Crippen LogP contribution in [0.15, 0.2) is 48.5 Å². The predicted molar refractivity (Wildman–Crippen MR) is 154 cm³/mol. The van der Waals surface area contributed by atoms with Gasteiger partial charge in [-0.2, -0.15) is 0 Å². The summed E-state index contributed by atoms with van der Waals surface area (Å²) in [5, 5.41) is 21.2. The van der Waals surface area contributed by atoms with E-state index >= 15 is 0 Å². The van der Waals surface area contributed by atoms with E-state index in [0.717, 1.165) is 22.5 Å². The third kappa shape index (κ3) is 14.7. The Balaban J connectivity index is 0.000000722. The molecule has 13 heteroatoms. The van der Waals surface area contributed by atoms with Crippen LogP contribution in [-0.4, -0.2) is 73.7 Å². The molecule has 4 N–H and O–H groups in total. The van der Waals surface area contributed by atoms with Crippen LogP contribution in [-0.2, 0) is 39.5 Å². The summed E-state index contributed by atoms with van der Waals surface area (Å²) in [6, 6.07) is 13.1. The third-order valence-corrected chi connectivity index (χ3v) is 6.21. The minimum absolute atomic E-state index is 0. The average Bonchev–Trinajstić information content (AvgIpc) is 2.89. The molecule has 2 aromatic rings. The first-order chi connectivity index (χ1) is 18.2. The number of anilines is 2. The molecule has 8 nitrogen and oxygen atoms in total. The number of benzene rings is 2. The summed E-state index contributed by atoms with van der Waals surface area (Å²) in [5.41, 5.74) is 14.6. The van der Waals surface area contributed by atoms with Gasteiger partial charge in [0.1, 0.15) is 0 Å². The molecule has 0 aliphatic heterocycles. The van der Waals surface area contributed by atoms with E-state index in [1.165, 1.54) is 0 Å². The Morgan fingerprint density at radius 2 is 0.872 bits per heavy atom. The molecule has 39 heavy (non-hydrogen) atoms. The molecule has 0 bridgehead atoms. The number of rotatable bonds is 16. The van der Waals surface area contributed by atoms with Crippen LogP contribution in [0.1, 0.15) is 11.1 Å². The van der Waals surface area contributed by atoms with Crippen molar-refractivity contribution in [2.24, 2.45) is 11.5 Å². The third-order valence-electron chi connectivity index (χ3n) is 5.54. The molecule has 1 radical (unpaired) electrons. The van der Waals surface area contributed by atoms with E-state index in [0.29, 0.717) is 49.7 Å². The van der Waals surface area contributed by atoms with Crippen molar-refractivity contribution in [2.75, 3.05) is 59.5 Å². The Hall–Kier alpha value is -1.42. The van der Waals surface area contributed by atoms with Crippen LogP contribution in [0.4, 0.5) is 11.4 Å². The van der Waals surface area contributed by atoms with Gasteiger partial charge in [0.05, 0.1) is 11.9 Å². The quantitative estimate of drug-likeness (QED) is 0.201. The summed E-state index contributed by atoms with van der Waals surface area (Å²) in [7, 11) is 0. The molecule has 0 aromatic heterocycles. The number of alkyl halides is 4. The SMILES string of the molecule is N[C@@H](Cc1ccc(N(CCCl)CCCl)cc1)C(=O)[O-].N[C@@H](Cc1ccc(N(CCCl)CCCl)cc1)C(=O)[O-].[Cu+2]. The molecular weight excluding hydrogens is 638 g/mol. The topological polar surface area (TPSA) is 139 Å². The van der Waals surface area contributed by atoms with Crippen LogP contribution in [0, 0.1) is 0 Å². The van der Waals surface area contributed by atoms with Crippen molar-refractivity contribution in [1.29, 1.82) is 0 Å². The Kier molecular flexibility index (Phi) is 20.6. The zero-order chi connectivity index (χ0) is 28.5. The van der Waals surface area contributed by atoms with Gasteiger partial charge in [-0.05, 0) is 48.2 Å². The van der Waals surface area contributed by atoms with E-state index < -0.39 is 24.0 Å². The van der Waals surface area contributed by atoms with Gasteiger partial charge >= 0.3 is 17.1 Å². The number of carbonyl (C=O) groups is 2. The molecular formula is C26H34Cl4CuN4O4. The molecule has 2 aromatic carbocycles. The first kappa shape index (κ1) is 37.6. The maximum atomic E-state index is 10.6. The fourth-order valence-corrected chi connectivity index (χ4v) is 4.32. The molecule has 0 saturated heterocycles. The maximum Gasteiger partial charge on any atom is 2.00 e. The van der Waals surface area contributed by atoms with E-state index in [2.05, 4.69) is 9.80 Å². The van der Waals surface area contributed by atoms with Crippen molar-refractivity contribution in [2.45, 2.75) is 24.9 Å². The number of nitrogens with zero attached hydrogens (tertiary/aromatic N) is 2. The van der Waals surface area contributed by atoms with Crippen molar-refractivity contribution >= 4 is 69.7 Å². The fourth-order valence-electron chi connectivity index (χ4n) is 3.51. The normalized spacial score (nSPS) is 11.8.